The average Bonchev–Trinajstić information content (AvgIpc) is 1.97. The molecule has 0 rings (SSSR count). The van der Waals surface area contributed by atoms with Crippen LogP contribution >= 0.6 is 0 Å². The first-order valence-corrected chi connectivity index (χ1v) is 3.08. The van der Waals surface area contributed by atoms with Gasteiger partial charge in [-0.2, -0.15) is 0 Å². The van der Waals surface area contributed by atoms with Gasteiger partial charge < -0.3 is 15.7 Å². The van der Waals surface area contributed by atoms with Crippen molar-refractivity contribution in [2.45, 2.75) is 0 Å². The molecule has 0 aliphatic heterocycles. The van der Waals surface area contributed by atoms with E-state index in [1.165, 1.54) is 0 Å². The Morgan fingerprint density at radius 3 is 2.82 bits per heavy atom. The molecule has 0 unspecified atom stereocenters. The molecular formula is C5H11N3O3. The van der Waals surface area contributed by atoms with Gasteiger partial charge in [0.2, 0.25) is 0 Å². The quantitative estimate of drug-likeness (QED) is 0.350. The SMILES string of the molecule is CNC(=C[N+](=O)[O-])NCCO. The first-order chi connectivity index (χ1) is 5.20. The summed E-state index contributed by atoms with van der Waals surface area (Å²) in [4.78, 5) is 9.35. The van der Waals surface area contributed by atoms with E-state index in [4.69, 9.17) is 5.11 Å². The molecule has 0 amide bonds. The van der Waals surface area contributed by atoms with Crippen LogP contribution in [0, 0.1) is 10.1 Å². The highest BCUT2D eigenvalue weighted by molar-refractivity contribution is 4.89. The number of nitro groups is 1. The van der Waals surface area contributed by atoms with Gasteiger partial charge in [-0.3, -0.25) is 10.1 Å². The highest BCUT2D eigenvalue weighted by Crippen LogP contribution is 1.80. The third kappa shape index (κ3) is 5.16. The van der Waals surface area contributed by atoms with Crippen molar-refractivity contribution >= 4 is 0 Å². The third-order valence-electron chi connectivity index (χ3n) is 0.931. The van der Waals surface area contributed by atoms with E-state index in [1.54, 1.807) is 7.05 Å². The maximum atomic E-state index is 9.92. The molecule has 0 radical (unpaired) electrons. The number of aliphatic hydroxyl groups is 1. The fourth-order valence-electron chi connectivity index (χ4n) is 0.495. The molecule has 64 valence electrons. The van der Waals surface area contributed by atoms with E-state index in [0.29, 0.717) is 6.54 Å². The van der Waals surface area contributed by atoms with Crippen molar-refractivity contribution in [2.24, 2.45) is 0 Å². The number of hydrogen-bond acceptors (Lipinski definition) is 5. The lowest BCUT2D eigenvalue weighted by atomic mass is 10.6. The first-order valence-electron chi connectivity index (χ1n) is 3.08. The van der Waals surface area contributed by atoms with Crippen LogP contribution in [-0.4, -0.2) is 30.2 Å². The van der Waals surface area contributed by atoms with E-state index >= 15 is 0 Å². The van der Waals surface area contributed by atoms with Crippen molar-refractivity contribution in [1.29, 1.82) is 0 Å². The van der Waals surface area contributed by atoms with E-state index in [1.807, 2.05) is 0 Å². The summed E-state index contributed by atoms with van der Waals surface area (Å²) in [5.74, 6) is 0.282. The number of aliphatic hydroxyl groups excluding tert-OH is 1. The van der Waals surface area contributed by atoms with Crippen LogP contribution in [0.25, 0.3) is 0 Å². The van der Waals surface area contributed by atoms with Crippen molar-refractivity contribution in [1.82, 2.24) is 10.6 Å². The van der Waals surface area contributed by atoms with Gasteiger partial charge in [-0.25, -0.2) is 0 Å². The second-order valence-corrected chi connectivity index (χ2v) is 1.73. The maximum absolute atomic E-state index is 9.92. The molecule has 0 bridgehead atoms. The summed E-state index contributed by atoms with van der Waals surface area (Å²) < 4.78 is 0. The monoisotopic (exact) mass is 161 g/mol. The van der Waals surface area contributed by atoms with E-state index in [9.17, 15) is 10.1 Å². The first kappa shape index (κ1) is 9.70. The van der Waals surface area contributed by atoms with Crippen molar-refractivity contribution in [3.8, 4) is 0 Å². The Kier molecular flexibility index (Phi) is 4.83. The second-order valence-electron chi connectivity index (χ2n) is 1.73. The lowest BCUT2D eigenvalue weighted by Crippen LogP contribution is -2.26. The van der Waals surface area contributed by atoms with Gasteiger partial charge in [0, 0.05) is 13.6 Å². The normalized spacial score (nSPS) is 10.9. The van der Waals surface area contributed by atoms with E-state index in [2.05, 4.69) is 10.6 Å². The minimum atomic E-state index is -0.573. The van der Waals surface area contributed by atoms with Gasteiger partial charge in [0.05, 0.1) is 11.5 Å². The van der Waals surface area contributed by atoms with E-state index in [-0.39, 0.29) is 12.4 Å². The molecule has 6 heteroatoms. The number of nitrogens with one attached hydrogen (secondary N) is 2. The Morgan fingerprint density at radius 2 is 2.45 bits per heavy atom. The zero-order valence-corrected chi connectivity index (χ0v) is 6.20. The fourth-order valence-corrected chi connectivity index (χ4v) is 0.495. The Labute approximate surface area is 64.1 Å². The van der Waals surface area contributed by atoms with Crippen LogP contribution in [0.1, 0.15) is 0 Å². The van der Waals surface area contributed by atoms with Crippen LogP contribution < -0.4 is 10.6 Å². The third-order valence-corrected chi connectivity index (χ3v) is 0.931. The standard InChI is InChI=1S/C5H11N3O3/c1-6-5(4-8(10)11)7-2-3-9/h4,6-7,9H,2-3H2,1H3. The van der Waals surface area contributed by atoms with Crippen LogP contribution in [0.3, 0.4) is 0 Å². The molecule has 0 spiro atoms. The van der Waals surface area contributed by atoms with Crippen molar-refractivity contribution in [3.05, 3.63) is 22.1 Å². The summed E-state index contributed by atoms with van der Waals surface area (Å²) in [5, 5.41) is 23.5. The molecule has 0 saturated carbocycles. The molecule has 0 aromatic heterocycles. The molecule has 11 heavy (non-hydrogen) atoms. The van der Waals surface area contributed by atoms with Crippen molar-refractivity contribution < 1.29 is 10.0 Å². The molecule has 0 aliphatic carbocycles. The van der Waals surface area contributed by atoms with Crippen molar-refractivity contribution in [3.63, 3.8) is 0 Å². The van der Waals surface area contributed by atoms with Gasteiger partial charge in [0.1, 0.15) is 0 Å². The summed E-state index contributed by atoms with van der Waals surface area (Å²) in [6, 6.07) is 0. The maximum Gasteiger partial charge on any atom is 0.274 e. The lowest BCUT2D eigenvalue weighted by Gasteiger charge is -2.04. The minimum Gasteiger partial charge on any atom is -0.395 e. The van der Waals surface area contributed by atoms with E-state index < -0.39 is 4.92 Å². The predicted molar refractivity (Wildman–Crippen MR) is 39.2 cm³/mol. The fraction of sp³-hybridized carbons (Fsp3) is 0.600. The highest BCUT2D eigenvalue weighted by atomic mass is 16.6. The predicted octanol–water partition coefficient (Wildman–Crippen LogP) is -1.14. The van der Waals surface area contributed by atoms with E-state index in [0.717, 1.165) is 6.20 Å². The molecule has 0 atom stereocenters. The lowest BCUT2D eigenvalue weighted by molar-refractivity contribution is -0.404. The summed E-state index contributed by atoms with van der Waals surface area (Å²) in [5.41, 5.74) is 0. The van der Waals surface area contributed by atoms with Gasteiger partial charge in [-0.15, -0.1) is 0 Å². The van der Waals surface area contributed by atoms with Gasteiger partial charge >= 0.3 is 0 Å². The summed E-state index contributed by atoms with van der Waals surface area (Å²) in [6.45, 7) is 0.233. The molecule has 0 heterocycles. The molecule has 3 N–H and O–H groups in total. The minimum absolute atomic E-state index is 0.0588. The molecule has 0 aliphatic rings. The molecule has 0 aromatic carbocycles. The summed E-state index contributed by atoms with van der Waals surface area (Å²) in [6.07, 6.45) is 0.801. The van der Waals surface area contributed by atoms with Crippen LogP contribution in [-0.2, 0) is 0 Å². The number of hydrogen-bond donors (Lipinski definition) is 3. The highest BCUT2D eigenvalue weighted by Gasteiger charge is 1.96. The zero-order valence-electron chi connectivity index (χ0n) is 6.20. The summed E-state index contributed by atoms with van der Waals surface area (Å²) >= 11 is 0. The second kappa shape index (κ2) is 5.48. The topological polar surface area (TPSA) is 87.4 Å². The van der Waals surface area contributed by atoms with Crippen molar-refractivity contribution in [2.75, 3.05) is 20.2 Å². The van der Waals surface area contributed by atoms with Crippen LogP contribution in [0.5, 0.6) is 0 Å². The van der Waals surface area contributed by atoms with Gasteiger partial charge in [0.25, 0.3) is 6.20 Å². The Morgan fingerprint density at radius 1 is 1.82 bits per heavy atom. The number of rotatable bonds is 5. The van der Waals surface area contributed by atoms with Gasteiger partial charge in [-0.05, 0) is 0 Å². The van der Waals surface area contributed by atoms with Crippen LogP contribution in [0.15, 0.2) is 12.0 Å². The molecular weight excluding hydrogens is 150 g/mol. The average molecular weight is 161 g/mol. The Bertz CT molecular complexity index is 157. The van der Waals surface area contributed by atoms with Gasteiger partial charge in [-0.1, -0.05) is 0 Å². The Hall–Kier alpha value is -1.30. The molecule has 6 nitrogen and oxygen atoms in total. The van der Waals surface area contributed by atoms with Gasteiger partial charge in [0.15, 0.2) is 5.82 Å². The smallest absolute Gasteiger partial charge is 0.274 e. The van der Waals surface area contributed by atoms with Crippen LogP contribution in [0.2, 0.25) is 0 Å². The molecule has 0 aromatic rings. The molecule has 0 fully saturated rings. The zero-order chi connectivity index (χ0) is 8.69. The largest absolute Gasteiger partial charge is 0.395 e. The van der Waals surface area contributed by atoms with Crippen LogP contribution in [0.4, 0.5) is 0 Å². The summed E-state index contributed by atoms with van der Waals surface area (Å²) in [7, 11) is 1.56. The Balaban J connectivity index is 3.84. The molecule has 0 saturated heterocycles. The number of nitrogens with zero attached hydrogens (tertiary/aromatic N) is 1.